The zero-order chi connectivity index (χ0) is 19.1. The molecule has 0 aliphatic carbocycles. The monoisotopic (exact) mass is 373 g/mol. The summed E-state index contributed by atoms with van der Waals surface area (Å²) in [7, 11) is 1.60. The molecule has 0 radical (unpaired) electrons. The normalized spacial score (nSPS) is 10.7. The van der Waals surface area contributed by atoms with Crippen molar-refractivity contribution in [1.29, 1.82) is 0 Å². The second-order valence-corrected chi connectivity index (χ2v) is 5.98. The van der Waals surface area contributed by atoms with Gasteiger partial charge in [0.05, 0.1) is 30.5 Å². The summed E-state index contributed by atoms with van der Waals surface area (Å²) in [6.45, 7) is 1.88. The van der Waals surface area contributed by atoms with Gasteiger partial charge in [-0.15, -0.1) is 11.8 Å². The van der Waals surface area contributed by atoms with Gasteiger partial charge in [-0.05, 0) is 43.0 Å². The van der Waals surface area contributed by atoms with Crippen molar-refractivity contribution < 1.29 is 24.2 Å². The molecule has 2 rings (SSSR count). The summed E-state index contributed by atoms with van der Waals surface area (Å²) in [6, 6.07) is 6.96. The lowest BCUT2D eigenvalue weighted by molar-refractivity contribution is 0.0526. The zero-order valence-electron chi connectivity index (χ0n) is 14.7. The van der Waals surface area contributed by atoms with Gasteiger partial charge in [-0.25, -0.2) is 9.59 Å². The number of pyridine rings is 1. The average Bonchev–Trinajstić information content (AvgIpc) is 2.65. The molecule has 6 nitrogen and oxygen atoms in total. The number of aromatic carboxylic acids is 1. The van der Waals surface area contributed by atoms with E-state index in [-0.39, 0.29) is 23.4 Å². The van der Waals surface area contributed by atoms with Crippen LogP contribution in [0.1, 0.15) is 38.9 Å². The Labute approximate surface area is 155 Å². The van der Waals surface area contributed by atoms with E-state index in [0.29, 0.717) is 0 Å². The molecule has 0 atom stereocenters. The zero-order valence-corrected chi connectivity index (χ0v) is 15.5. The van der Waals surface area contributed by atoms with E-state index in [1.807, 2.05) is 24.5 Å². The Morgan fingerprint density at radius 1 is 1.27 bits per heavy atom. The summed E-state index contributed by atoms with van der Waals surface area (Å²) < 4.78 is 10.2. The van der Waals surface area contributed by atoms with Gasteiger partial charge in [-0.2, -0.15) is 0 Å². The SMILES string of the molecule is CCOC(=O)c1cnc(/C=C/c2ccc(SC)c(OC)c2)c(C(=O)O)c1. The standard InChI is InChI=1S/C19H19NO5S/c1-4-25-19(23)13-10-14(18(21)22)15(20-11-13)7-5-12-6-8-17(26-3)16(9-12)24-2/h5-11H,4H2,1-3H3,(H,21,22)/b7-5+. The molecule has 1 aromatic heterocycles. The van der Waals surface area contributed by atoms with E-state index < -0.39 is 11.9 Å². The highest BCUT2D eigenvalue weighted by molar-refractivity contribution is 7.98. The lowest BCUT2D eigenvalue weighted by atomic mass is 10.1. The van der Waals surface area contributed by atoms with E-state index in [0.717, 1.165) is 16.2 Å². The minimum absolute atomic E-state index is 0.0699. The molecule has 1 heterocycles. The summed E-state index contributed by atoms with van der Waals surface area (Å²) in [5.74, 6) is -1.03. The predicted octanol–water partition coefficient (Wildman–Crippen LogP) is 3.86. The Kier molecular flexibility index (Phi) is 6.80. The maximum Gasteiger partial charge on any atom is 0.339 e. The largest absolute Gasteiger partial charge is 0.496 e. The number of esters is 1. The third kappa shape index (κ3) is 4.64. The van der Waals surface area contributed by atoms with E-state index in [2.05, 4.69) is 4.98 Å². The first-order chi connectivity index (χ1) is 12.5. The van der Waals surface area contributed by atoms with Crippen molar-refractivity contribution in [2.45, 2.75) is 11.8 Å². The Hall–Kier alpha value is -2.80. The number of ether oxygens (including phenoxy) is 2. The minimum atomic E-state index is -1.17. The highest BCUT2D eigenvalue weighted by Crippen LogP contribution is 2.29. The Balaban J connectivity index is 2.35. The fraction of sp³-hybridized carbons (Fsp3) is 0.211. The molecule has 1 N–H and O–H groups in total. The van der Waals surface area contributed by atoms with E-state index >= 15 is 0 Å². The molecule has 26 heavy (non-hydrogen) atoms. The number of carbonyl (C=O) groups excluding carboxylic acids is 1. The van der Waals surface area contributed by atoms with E-state index in [4.69, 9.17) is 9.47 Å². The van der Waals surface area contributed by atoms with Crippen LogP contribution in [0.5, 0.6) is 5.75 Å². The molecule has 0 bridgehead atoms. The molecule has 136 valence electrons. The van der Waals surface area contributed by atoms with Crippen molar-refractivity contribution in [2.75, 3.05) is 20.0 Å². The second kappa shape index (κ2) is 9.05. The molecule has 0 fully saturated rings. The topological polar surface area (TPSA) is 85.7 Å². The maximum atomic E-state index is 11.8. The van der Waals surface area contributed by atoms with Gasteiger partial charge in [0, 0.05) is 11.1 Å². The summed E-state index contributed by atoms with van der Waals surface area (Å²) in [6.07, 6.45) is 6.60. The number of rotatable bonds is 7. The first-order valence-corrected chi connectivity index (χ1v) is 9.03. The number of carbonyl (C=O) groups is 2. The lowest BCUT2D eigenvalue weighted by Crippen LogP contribution is -2.09. The molecular formula is C19H19NO5S. The number of carboxylic acid groups (broad SMARTS) is 1. The van der Waals surface area contributed by atoms with E-state index in [1.165, 1.54) is 12.3 Å². The van der Waals surface area contributed by atoms with Crippen LogP contribution in [-0.2, 0) is 4.74 Å². The Morgan fingerprint density at radius 2 is 2.04 bits per heavy atom. The van der Waals surface area contributed by atoms with Gasteiger partial charge in [0.2, 0.25) is 0 Å². The molecule has 0 amide bonds. The number of thioether (sulfide) groups is 1. The highest BCUT2D eigenvalue weighted by atomic mass is 32.2. The molecule has 0 aliphatic rings. The fourth-order valence-electron chi connectivity index (χ4n) is 2.24. The maximum absolute atomic E-state index is 11.8. The van der Waals surface area contributed by atoms with Crippen LogP contribution in [0.4, 0.5) is 0 Å². The van der Waals surface area contributed by atoms with Gasteiger partial charge >= 0.3 is 11.9 Å². The third-order valence-electron chi connectivity index (χ3n) is 3.50. The average molecular weight is 373 g/mol. The minimum Gasteiger partial charge on any atom is -0.496 e. The summed E-state index contributed by atoms with van der Waals surface area (Å²) in [4.78, 5) is 28.4. The molecule has 0 aliphatic heterocycles. The molecule has 0 spiro atoms. The van der Waals surface area contributed by atoms with Crippen molar-refractivity contribution in [3.05, 3.63) is 52.8 Å². The molecule has 1 aromatic carbocycles. The van der Waals surface area contributed by atoms with Crippen molar-refractivity contribution in [3.8, 4) is 5.75 Å². The van der Waals surface area contributed by atoms with E-state index in [9.17, 15) is 14.7 Å². The van der Waals surface area contributed by atoms with Crippen molar-refractivity contribution >= 4 is 35.9 Å². The first kappa shape index (κ1) is 19.5. The number of hydrogen-bond acceptors (Lipinski definition) is 6. The summed E-state index contributed by atoms with van der Waals surface area (Å²) in [5.41, 5.74) is 1.12. The Morgan fingerprint density at radius 3 is 2.65 bits per heavy atom. The number of nitrogens with zero attached hydrogens (tertiary/aromatic N) is 1. The molecule has 7 heteroatoms. The number of carboxylic acids is 1. The third-order valence-corrected chi connectivity index (χ3v) is 4.28. The number of aromatic nitrogens is 1. The number of hydrogen-bond donors (Lipinski definition) is 1. The first-order valence-electron chi connectivity index (χ1n) is 7.80. The van der Waals surface area contributed by atoms with Crippen molar-refractivity contribution in [2.24, 2.45) is 0 Å². The van der Waals surface area contributed by atoms with Gasteiger partial charge in [0.25, 0.3) is 0 Å². The van der Waals surface area contributed by atoms with Gasteiger partial charge in [-0.3, -0.25) is 4.98 Å². The van der Waals surface area contributed by atoms with Crippen LogP contribution < -0.4 is 4.74 Å². The van der Waals surface area contributed by atoms with Crippen LogP contribution in [0.2, 0.25) is 0 Å². The van der Waals surface area contributed by atoms with Crippen LogP contribution in [0.3, 0.4) is 0 Å². The molecule has 2 aromatic rings. The molecule has 0 unspecified atom stereocenters. The summed E-state index contributed by atoms with van der Waals surface area (Å²) >= 11 is 1.57. The molecule has 0 saturated heterocycles. The molecular weight excluding hydrogens is 354 g/mol. The van der Waals surface area contributed by atoms with Crippen LogP contribution >= 0.6 is 11.8 Å². The fourth-order valence-corrected chi connectivity index (χ4v) is 2.78. The van der Waals surface area contributed by atoms with Gasteiger partial charge in [0.1, 0.15) is 5.75 Å². The molecule has 0 saturated carbocycles. The van der Waals surface area contributed by atoms with Crippen LogP contribution in [0.15, 0.2) is 35.4 Å². The summed E-state index contributed by atoms with van der Waals surface area (Å²) in [5, 5.41) is 9.40. The van der Waals surface area contributed by atoms with Crippen LogP contribution in [-0.4, -0.2) is 42.0 Å². The smallest absolute Gasteiger partial charge is 0.339 e. The van der Waals surface area contributed by atoms with Crippen molar-refractivity contribution in [1.82, 2.24) is 4.98 Å². The van der Waals surface area contributed by atoms with Crippen LogP contribution in [0.25, 0.3) is 12.2 Å². The van der Waals surface area contributed by atoms with Gasteiger partial charge < -0.3 is 14.6 Å². The Bertz CT molecular complexity index is 848. The predicted molar refractivity (Wildman–Crippen MR) is 101 cm³/mol. The highest BCUT2D eigenvalue weighted by Gasteiger charge is 2.15. The lowest BCUT2D eigenvalue weighted by Gasteiger charge is -2.07. The van der Waals surface area contributed by atoms with E-state index in [1.54, 1.807) is 37.9 Å². The van der Waals surface area contributed by atoms with Gasteiger partial charge in [0.15, 0.2) is 0 Å². The number of benzene rings is 1. The quantitative estimate of drug-likeness (QED) is 0.582. The second-order valence-electron chi connectivity index (χ2n) is 5.13. The number of methoxy groups -OCH3 is 1. The van der Waals surface area contributed by atoms with Crippen LogP contribution in [0, 0.1) is 0 Å². The van der Waals surface area contributed by atoms with Crippen molar-refractivity contribution in [3.63, 3.8) is 0 Å². The van der Waals surface area contributed by atoms with Gasteiger partial charge in [-0.1, -0.05) is 12.1 Å².